The highest BCUT2D eigenvalue weighted by atomic mass is 35.5. The van der Waals surface area contributed by atoms with Gasteiger partial charge in [0.1, 0.15) is 0 Å². The Labute approximate surface area is 95.3 Å². The average molecular weight is 226 g/mol. The van der Waals surface area contributed by atoms with Crippen LogP contribution in [0, 0.1) is 11.8 Å². The largest absolute Gasteiger partial charge is 0.393 e. The number of aliphatic hydroxyl groups is 1. The number of hydrogen-bond acceptors (Lipinski definition) is 2. The Morgan fingerprint density at radius 3 is 2.93 bits per heavy atom. The molecule has 1 aliphatic carbocycles. The van der Waals surface area contributed by atoms with E-state index in [1.54, 1.807) is 12.4 Å². The second kappa shape index (κ2) is 4.50. The predicted octanol–water partition coefficient (Wildman–Crippen LogP) is 2.68. The van der Waals surface area contributed by atoms with Crippen LogP contribution in [0.4, 0.5) is 0 Å². The first-order valence-electron chi connectivity index (χ1n) is 5.45. The summed E-state index contributed by atoms with van der Waals surface area (Å²) >= 11 is 6.06. The summed E-state index contributed by atoms with van der Waals surface area (Å²) in [6, 6.07) is 1.97. The van der Waals surface area contributed by atoms with Crippen LogP contribution in [0.25, 0.3) is 0 Å². The monoisotopic (exact) mass is 225 g/mol. The van der Waals surface area contributed by atoms with E-state index in [4.69, 9.17) is 11.6 Å². The van der Waals surface area contributed by atoms with Gasteiger partial charge >= 0.3 is 0 Å². The van der Waals surface area contributed by atoms with E-state index in [0.717, 1.165) is 29.8 Å². The molecule has 1 saturated carbocycles. The lowest BCUT2D eigenvalue weighted by atomic mass is 9.90. The van der Waals surface area contributed by atoms with Crippen molar-refractivity contribution in [1.29, 1.82) is 0 Å². The van der Waals surface area contributed by atoms with Crippen molar-refractivity contribution in [3.8, 4) is 0 Å². The highest BCUT2D eigenvalue weighted by molar-refractivity contribution is 6.31. The minimum absolute atomic E-state index is 0.129. The molecule has 0 bridgehead atoms. The molecule has 3 heteroatoms. The Kier molecular flexibility index (Phi) is 3.27. The number of rotatable bonds is 2. The second-order valence-electron chi connectivity index (χ2n) is 4.44. The van der Waals surface area contributed by atoms with Crippen molar-refractivity contribution in [1.82, 2.24) is 4.98 Å². The van der Waals surface area contributed by atoms with E-state index >= 15 is 0 Å². The summed E-state index contributed by atoms with van der Waals surface area (Å²) < 4.78 is 0. The molecule has 0 aliphatic heterocycles. The van der Waals surface area contributed by atoms with E-state index in [1.807, 2.05) is 6.07 Å². The van der Waals surface area contributed by atoms with Crippen LogP contribution in [-0.2, 0) is 6.42 Å². The van der Waals surface area contributed by atoms with Gasteiger partial charge in [0.05, 0.1) is 11.1 Å². The zero-order valence-electron chi connectivity index (χ0n) is 8.86. The lowest BCUT2D eigenvalue weighted by Gasteiger charge is -2.17. The Morgan fingerprint density at radius 2 is 2.33 bits per heavy atom. The summed E-state index contributed by atoms with van der Waals surface area (Å²) in [6.07, 6.45) is 6.31. The van der Waals surface area contributed by atoms with Gasteiger partial charge in [0.15, 0.2) is 0 Å². The average Bonchev–Trinajstić information content (AvgIpc) is 2.53. The number of halogens is 1. The van der Waals surface area contributed by atoms with Gasteiger partial charge in [0.25, 0.3) is 0 Å². The van der Waals surface area contributed by atoms with Gasteiger partial charge in [-0.25, -0.2) is 0 Å². The molecule has 1 aromatic heterocycles. The minimum Gasteiger partial charge on any atom is -0.393 e. The van der Waals surface area contributed by atoms with Crippen molar-refractivity contribution >= 4 is 11.6 Å². The van der Waals surface area contributed by atoms with E-state index in [2.05, 4.69) is 11.9 Å². The van der Waals surface area contributed by atoms with Crippen LogP contribution in [0.3, 0.4) is 0 Å². The van der Waals surface area contributed by atoms with Gasteiger partial charge < -0.3 is 5.11 Å². The standard InChI is InChI=1S/C12H16ClNO/c1-8-9(2-3-12(8)15)6-10-4-5-14-7-11(10)13/h4-5,7-9,12,15H,2-3,6H2,1H3. The number of nitrogens with zero attached hydrogens (tertiary/aromatic N) is 1. The lowest BCUT2D eigenvalue weighted by molar-refractivity contribution is 0.127. The van der Waals surface area contributed by atoms with Crippen LogP contribution >= 0.6 is 11.6 Å². The summed E-state index contributed by atoms with van der Waals surface area (Å²) in [4.78, 5) is 3.97. The number of pyridine rings is 1. The summed E-state index contributed by atoms with van der Waals surface area (Å²) in [5.41, 5.74) is 1.15. The summed E-state index contributed by atoms with van der Waals surface area (Å²) in [7, 11) is 0. The molecular weight excluding hydrogens is 210 g/mol. The van der Waals surface area contributed by atoms with Crippen molar-refractivity contribution in [2.24, 2.45) is 11.8 Å². The van der Waals surface area contributed by atoms with Crippen LogP contribution in [0.15, 0.2) is 18.5 Å². The quantitative estimate of drug-likeness (QED) is 0.840. The molecule has 1 aliphatic rings. The smallest absolute Gasteiger partial charge is 0.0621 e. The predicted molar refractivity (Wildman–Crippen MR) is 60.8 cm³/mol. The number of hydrogen-bond donors (Lipinski definition) is 1. The molecule has 2 rings (SSSR count). The Morgan fingerprint density at radius 1 is 1.53 bits per heavy atom. The van der Waals surface area contributed by atoms with Gasteiger partial charge in [-0.3, -0.25) is 4.98 Å². The van der Waals surface area contributed by atoms with E-state index in [9.17, 15) is 5.11 Å². The van der Waals surface area contributed by atoms with E-state index in [-0.39, 0.29) is 6.10 Å². The van der Waals surface area contributed by atoms with Crippen molar-refractivity contribution in [2.75, 3.05) is 0 Å². The third kappa shape index (κ3) is 2.32. The lowest BCUT2D eigenvalue weighted by Crippen LogP contribution is -2.17. The number of aliphatic hydroxyl groups excluding tert-OH is 1. The molecule has 3 unspecified atom stereocenters. The molecule has 0 spiro atoms. The fourth-order valence-corrected chi connectivity index (χ4v) is 2.56. The highest BCUT2D eigenvalue weighted by Gasteiger charge is 2.31. The van der Waals surface area contributed by atoms with Gasteiger partial charge in [-0.15, -0.1) is 0 Å². The first-order chi connectivity index (χ1) is 7.18. The van der Waals surface area contributed by atoms with Crippen LogP contribution in [0.1, 0.15) is 25.3 Å². The maximum absolute atomic E-state index is 9.67. The molecular formula is C12H16ClNO. The normalized spacial score (nSPS) is 30.7. The maximum Gasteiger partial charge on any atom is 0.0621 e. The van der Waals surface area contributed by atoms with Gasteiger partial charge in [-0.2, -0.15) is 0 Å². The molecule has 0 amide bonds. The fraction of sp³-hybridized carbons (Fsp3) is 0.583. The zero-order valence-corrected chi connectivity index (χ0v) is 9.61. The third-order valence-electron chi connectivity index (χ3n) is 3.52. The maximum atomic E-state index is 9.67. The van der Waals surface area contributed by atoms with Gasteiger partial charge in [-0.1, -0.05) is 18.5 Å². The molecule has 15 heavy (non-hydrogen) atoms. The van der Waals surface area contributed by atoms with Crippen LogP contribution < -0.4 is 0 Å². The summed E-state index contributed by atoms with van der Waals surface area (Å²) in [6.45, 7) is 2.12. The second-order valence-corrected chi connectivity index (χ2v) is 4.84. The Balaban J connectivity index is 2.07. The molecule has 1 N–H and O–H groups in total. The first-order valence-corrected chi connectivity index (χ1v) is 5.82. The van der Waals surface area contributed by atoms with E-state index < -0.39 is 0 Å². The third-order valence-corrected chi connectivity index (χ3v) is 3.86. The SMILES string of the molecule is CC1C(O)CCC1Cc1ccncc1Cl. The van der Waals surface area contributed by atoms with E-state index in [0.29, 0.717) is 11.8 Å². The van der Waals surface area contributed by atoms with E-state index in [1.165, 1.54) is 0 Å². The Bertz CT molecular complexity index is 342. The molecule has 2 nitrogen and oxygen atoms in total. The molecule has 1 aromatic rings. The first kappa shape index (κ1) is 10.9. The minimum atomic E-state index is -0.129. The molecule has 82 valence electrons. The van der Waals surface area contributed by atoms with Crippen molar-refractivity contribution in [2.45, 2.75) is 32.3 Å². The molecule has 0 radical (unpaired) electrons. The molecule has 3 atom stereocenters. The van der Waals surface area contributed by atoms with Gasteiger partial charge in [0, 0.05) is 12.4 Å². The van der Waals surface area contributed by atoms with Crippen LogP contribution in [-0.4, -0.2) is 16.2 Å². The zero-order chi connectivity index (χ0) is 10.8. The van der Waals surface area contributed by atoms with Crippen LogP contribution in [0.2, 0.25) is 5.02 Å². The fourth-order valence-electron chi connectivity index (χ4n) is 2.36. The molecule has 1 fully saturated rings. The number of aromatic nitrogens is 1. The van der Waals surface area contributed by atoms with Crippen molar-refractivity contribution in [3.63, 3.8) is 0 Å². The van der Waals surface area contributed by atoms with Gasteiger partial charge in [-0.05, 0) is 42.7 Å². The van der Waals surface area contributed by atoms with Crippen molar-refractivity contribution in [3.05, 3.63) is 29.0 Å². The summed E-state index contributed by atoms with van der Waals surface area (Å²) in [5, 5.41) is 10.4. The van der Waals surface area contributed by atoms with Crippen LogP contribution in [0.5, 0.6) is 0 Å². The highest BCUT2D eigenvalue weighted by Crippen LogP contribution is 2.35. The molecule has 0 aromatic carbocycles. The molecule has 0 saturated heterocycles. The summed E-state index contributed by atoms with van der Waals surface area (Å²) in [5.74, 6) is 0.939. The van der Waals surface area contributed by atoms with Crippen molar-refractivity contribution < 1.29 is 5.11 Å². The topological polar surface area (TPSA) is 33.1 Å². The molecule has 1 heterocycles. The van der Waals surface area contributed by atoms with Gasteiger partial charge in [0.2, 0.25) is 0 Å². The Hall–Kier alpha value is -0.600.